The van der Waals surface area contributed by atoms with Gasteiger partial charge < -0.3 is 5.32 Å². The lowest BCUT2D eigenvalue weighted by Gasteiger charge is -2.31. The molecule has 0 atom stereocenters. The highest BCUT2D eigenvalue weighted by Crippen LogP contribution is 2.25. The van der Waals surface area contributed by atoms with E-state index in [0.29, 0.717) is 17.1 Å². The van der Waals surface area contributed by atoms with E-state index in [1.54, 1.807) is 12.1 Å². The van der Waals surface area contributed by atoms with Crippen LogP contribution in [0.5, 0.6) is 0 Å². The second-order valence-corrected chi connectivity index (χ2v) is 7.90. The van der Waals surface area contributed by atoms with E-state index in [4.69, 9.17) is 11.6 Å². The van der Waals surface area contributed by atoms with Gasteiger partial charge in [-0.05, 0) is 84.9 Å². The van der Waals surface area contributed by atoms with Crippen molar-refractivity contribution < 1.29 is 9.18 Å². The summed E-state index contributed by atoms with van der Waals surface area (Å²) in [5, 5.41) is 3.44. The number of anilines is 1. The lowest BCUT2D eigenvalue weighted by Crippen LogP contribution is -2.38. The number of halogens is 3. The van der Waals surface area contributed by atoms with E-state index in [1.165, 1.54) is 6.07 Å². The summed E-state index contributed by atoms with van der Waals surface area (Å²) in [6, 6.07) is 12.5. The van der Waals surface area contributed by atoms with Gasteiger partial charge in [0, 0.05) is 32.3 Å². The normalized spacial score (nSPS) is 16.0. The molecule has 2 aromatic rings. The molecule has 0 bridgehead atoms. The number of carbonyl (C=O) groups is 1. The van der Waals surface area contributed by atoms with Crippen LogP contribution in [0, 0.1) is 15.3 Å². The first-order chi connectivity index (χ1) is 12.0. The lowest BCUT2D eigenvalue weighted by molar-refractivity contribution is -0.121. The van der Waals surface area contributed by atoms with Crippen molar-refractivity contribution in [3.05, 3.63) is 62.4 Å². The van der Waals surface area contributed by atoms with Crippen LogP contribution < -0.4 is 5.32 Å². The maximum Gasteiger partial charge on any atom is 0.227 e. The minimum atomic E-state index is -0.272. The Morgan fingerprint density at radius 1 is 1.20 bits per heavy atom. The first-order valence-corrected chi connectivity index (χ1v) is 9.70. The van der Waals surface area contributed by atoms with Crippen molar-refractivity contribution in [3.63, 3.8) is 0 Å². The summed E-state index contributed by atoms with van der Waals surface area (Å²) >= 11 is 8.33. The number of nitrogens with zero attached hydrogens (tertiary/aromatic N) is 1. The van der Waals surface area contributed by atoms with E-state index in [0.717, 1.165) is 35.2 Å². The predicted octanol–water partition coefficient (Wildman–Crippen LogP) is 4.93. The zero-order valence-corrected chi connectivity index (χ0v) is 16.6. The van der Waals surface area contributed by atoms with Crippen LogP contribution in [-0.4, -0.2) is 23.9 Å². The Morgan fingerprint density at radius 2 is 1.88 bits per heavy atom. The topological polar surface area (TPSA) is 32.3 Å². The van der Waals surface area contributed by atoms with E-state index < -0.39 is 0 Å². The molecule has 0 unspecified atom stereocenters. The summed E-state index contributed by atoms with van der Waals surface area (Å²) in [4.78, 5) is 14.6. The van der Waals surface area contributed by atoms with Gasteiger partial charge in [-0.15, -0.1) is 0 Å². The lowest BCUT2D eigenvalue weighted by atomic mass is 9.95. The molecule has 132 valence electrons. The number of nitrogens with one attached hydrogen (secondary N) is 1. The number of carbonyl (C=O) groups excluding carboxylic acids is 1. The SMILES string of the molecule is O=C(Nc1ccc(I)cc1)C1CCN(Cc2c(F)cccc2Cl)CC1. The third-order valence-electron chi connectivity index (χ3n) is 4.51. The van der Waals surface area contributed by atoms with Gasteiger partial charge in [-0.2, -0.15) is 0 Å². The molecule has 1 heterocycles. The third-order valence-corrected chi connectivity index (χ3v) is 5.59. The van der Waals surface area contributed by atoms with E-state index >= 15 is 0 Å². The molecule has 1 aliphatic rings. The zero-order chi connectivity index (χ0) is 17.8. The number of piperidine rings is 1. The van der Waals surface area contributed by atoms with Gasteiger partial charge in [0.05, 0.1) is 0 Å². The van der Waals surface area contributed by atoms with Crippen LogP contribution >= 0.6 is 34.2 Å². The summed E-state index contributed by atoms with van der Waals surface area (Å²) < 4.78 is 15.0. The zero-order valence-electron chi connectivity index (χ0n) is 13.6. The van der Waals surface area contributed by atoms with Gasteiger partial charge in [0.1, 0.15) is 5.82 Å². The van der Waals surface area contributed by atoms with Gasteiger partial charge in [-0.1, -0.05) is 17.7 Å². The van der Waals surface area contributed by atoms with E-state index in [1.807, 2.05) is 24.3 Å². The standard InChI is InChI=1S/C19H19ClFIN2O/c20-17-2-1-3-18(21)16(17)12-24-10-8-13(9-11-24)19(25)23-15-6-4-14(22)5-7-15/h1-7,13H,8-12H2,(H,23,25). The first kappa shape index (κ1) is 18.6. The second-order valence-electron chi connectivity index (χ2n) is 6.25. The molecular formula is C19H19ClFIN2O. The smallest absolute Gasteiger partial charge is 0.227 e. The molecule has 0 aromatic heterocycles. The molecular weight excluding hydrogens is 454 g/mol. The fourth-order valence-corrected chi connectivity index (χ4v) is 3.62. The van der Waals surface area contributed by atoms with Gasteiger partial charge in [-0.25, -0.2) is 4.39 Å². The average molecular weight is 473 g/mol. The highest BCUT2D eigenvalue weighted by molar-refractivity contribution is 14.1. The van der Waals surface area contributed by atoms with Crippen LogP contribution in [0.25, 0.3) is 0 Å². The number of benzene rings is 2. The molecule has 1 fully saturated rings. The minimum absolute atomic E-state index is 0.00776. The largest absolute Gasteiger partial charge is 0.326 e. The van der Waals surface area contributed by atoms with Crippen LogP contribution in [0.15, 0.2) is 42.5 Å². The average Bonchev–Trinajstić information content (AvgIpc) is 2.61. The molecule has 1 aliphatic heterocycles. The molecule has 0 aliphatic carbocycles. The highest BCUT2D eigenvalue weighted by Gasteiger charge is 2.25. The minimum Gasteiger partial charge on any atom is -0.326 e. The van der Waals surface area contributed by atoms with Crippen molar-refractivity contribution in [3.8, 4) is 0 Å². The third kappa shape index (κ3) is 4.92. The summed E-state index contributed by atoms with van der Waals surface area (Å²) in [5.41, 5.74) is 1.36. The van der Waals surface area contributed by atoms with Gasteiger partial charge in [0.25, 0.3) is 0 Å². The summed E-state index contributed by atoms with van der Waals surface area (Å²) in [5.74, 6) is -0.220. The monoisotopic (exact) mass is 472 g/mol. The van der Waals surface area contributed by atoms with Crippen LogP contribution in [-0.2, 0) is 11.3 Å². The Balaban J connectivity index is 1.53. The second kappa shape index (κ2) is 8.47. The maximum absolute atomic E-state index is 13.9. The molecule has 1 saturated heterocycles. The van der Waals surface area contributed by atoms with Gasteiger partial charge in [0.2, 0.25) is 5.91 Å². The highest BCUT2D eigenvalue weighted by atomic mass is 127. The van der Waals surface area contributed by atoms with Crippen LogP contribution in [0.4, 0.5) is 10.1 Å². The molecule has 3 nitrogen and oxygen atoms in total. The molecule has 0 saturated carbocycles. The maximum atomic E-state index is 13.9. The van der Waals surface area contributed by atoms with E-state index in [2.05, 4.69) is 32.8 Å². The van der Waals surface area contributed by atoms with Crippen molar-refractivity contribution in [2.24, 2.45) is 5.92 Å². The van der Waals surface area contributed by atoms with E-state index in [9.17, 15) is 9.18 Å². The molecule has 1 N–H and O–H groups in total. The number of hydrogen-bond acceptors (Lipinski definition) is 2. The number of amides is 1. The molecule has 1 amide bonds. The molecule has 3 rings (SSSR count). The molecule has 25 heavy (non-hydrogen) atoms. The van der Waals surface area contributed by atoms with Crippen molar-refractivity contribution in [2.45, 2.75) is 19.4 Å². The summed E-state index contributed by atoms with van der Waals surface area (Å²) in [6.07, 6.45) is 1.53. The van der Waals surface area contributed by atoms with Crippen molar-refractivity contribution >= 4 is 45.8 Å². The number of likely N-dealkylation sites (tertiary alicyclic amines) is 1. The fourth-order valence-electron chi connectivity index (χ4n) is 3.04. The predicted molar refractivity (Wildman–Crippen MR) is 107 cm³/mol. The number of rotatable bonds is 4. The molecule has 0 radical (unpaired) electrons. The van der Waals surface area contributed by atoms with Crippen molar-refractivity contribution in [2.75, 3.05) is 18.4 Å². The Bertz CT molecular complexity index is 725. The summed E-state index contributed by atoms with van der Waals surface area (Å²) in [7, 11) is 0. The van der Waals surface area contributed by atoms with Gasteiger partial charge >= 0.3 is 0 Å². The fraction of sp³-hybridized carbons (Fsp3) is 0.316. The van der Waals surface area contributed by atoms with Crippen molar-refractivity contribution in [1.82, 2.24) is 4.90 Å². The summed E-state index contributed by atoms with van der Waals surface area (Å²) in [6.45, 7) is 2.00. The van der Waals surface area contributed by atoms with Crippen LogP contribution in [0.3, 0.4) is 0 Å². The number of hydrogen-bond donors (Lipinski definition) is 1. The van der Waals surface area contributed by atoms with Gasteiger partial charge in [0.15, 0.2) is 0 Å². The first-order valence-electron chi connectivity index (χ1n) is 8.24. The van der Waals surface area contributed by atoms with Crippen LogP contribution in [0.1, 0.15) is 18.4 Å². The Morgan fingerprint density at radius 3 is 2.52 bits per heavy atom. The molecule has 2 aromatic carbocycles. The Labute approximate surface area is 165 Å². The molecule has 0 spiro atoms. The van der Waals surface area contributed by atoms with Crippen LogP contribution in [0.2, 0.25) is 5.02 Å². The van der Waals surface area contributed by atoms with Gasteiger partial charge in [-0.3, -0.25) is 9.69 Å². The molecule has 6 heteroatoms. The van der Waals surface area contributed by atoms with E-state index in [-0.39, 0.29) is 17.6 Å². The quantitative estimate of drug-likeness (QED) is 0.640. The van der Waals surface area contributed by atoms with Crippen molar-refractivity contribution in [1.29, 1.82) is 0 Å². The Kier molecular flexibility index (Phi) is 6.30. The Hall–Kier alpha value is -1.18.